The molecule has 0 unspecified atom stereocenters. The number of anilines is 1. The Hall–Kier alpha value is -3.23. The molecule has 2 heterocycles. The summed E-state index contributed by atoms with van der Waals surface area (Å²) < 4.78 is 15.0. The summed E-state index contributed by atoms with van der Waals surface area (Å²) in [5.41, 5.74) is 2.32. The lowest BCUT2D eigenvalue weighted by molar-refractivity contribution is 0.0953. The largest absolute Gasteiger partial charge is 0.352 e. The molecular formula is C23H20ClFN4O2S. The van der Waals surface area contributed by atoms with Crippen LogP contribution < -0.4 is 10.6 Å². The number of thiophene rings is 1. The maximum absolute atomic E-state index is 13.3. The molecule has 0 saturated heterocycles. The van der Waals surface area contributed by atoms with Crippen LogP contribution in [0.3, 0.4) is 0 Å². The summed E-state index contributed by atoms with van der Waals surface area (Å²) in [5, 5.41) is 11.2. The van der Waals surface area contributed by atoms with Crippen molar-refractivity contribution >= 4 is 50.7 Å². The van der Waals surface area contributed by atoms with Crippen LogP contribution in [0, 0.1) is 12.7 Å². The lowest BCUT2D eigenvalue weighted by atomic mass is 10.2. The average molecular weight is 471 g/mol. The zero-order chi connectivity index (χ0) is 22.8. The molecule has 32 heavy (non-hydrogen) atoms. The molecule has 0 radical (unpaired) electrons. The van der Waals surface area contributed by atoms with E-state index in [1.807, 2.05) is 13.8 Å². The summed E-state index contributed by atoms with van der Waals surface area (Å²) in [6, 6.07) is 12.6. The minimum Gasteiger partial charge on any atom is -0.352 e. The van der Waals surface area contributed by atoms with Gasteiger partial charge in [-0.2, -0.15) is 5.10 Å². The van der Waals surface area contributed by atoms with E-state index in [0.29, 0.717) is 28.4 Å². The van der Waals surface area contributed by atoms with Crippen LogP contribution in [0.5, 0.6) is 0 Å². The molecule has 0 aliphatic rings. The number of aromatic nitrogens is 2. The number of rotatable bonds is 6. The molecule has 2 amide bonds. The predicted molar refractivity (Wildman–Crippen MR) is 126 cm³/mol. The Morgan fingerprint density at radius 1 is 1.12 bits per heavy atom. The van der Waals surface area contributed by atoms with Crippen molar-refractivity contribution in [3.05, 3.63) is 75.5 Å². The normalized spacial score (nSPS) is 11.0. The van der Waals surface area contributed by atoms with Gasteiger partial charge in [-0.25, -0.2) is 9.07 Å². The number of benzene rings is 2. The maximum Gasteiger partial charge on any atom is 0.265 e. The first kappa shape index (κ1) is 22.0. The number of aryl methyl sites for hydroxylation is 1. The number of carbonyl (C=O) groups is 2. The van der Waals surface area contributed by atoms with Gasteiger partial charge in [0.05, 0.1) is 26.8 Å². The van der Waals surface area contributed by atoms with Gasteiger partial charge in [0.25, 0.3) is 11.8 Å². The minimum absolute atomic E-state index is 0.250. The summed E-state index contributed by atoms with van der Waals surface area (Å²) in [5.74, 6) is -0.872. The number of amides is 2. The molecule has 4 rings (SSSR count). The summed E-state index contributed by atoms with van der Waals surface area (Å²) >= 11 is 7.54. The number of hydrogen-bond donors (Lipinski definition) is 2. The number of fused-ring (bicyclic) bond motifs is 1. The van der Waals surface area contributed by atoms with Crippen molar-refractivity contribution in [3.8, 4) is 5.69 Å². The molecule has 0 spiro atoms. The molecule has 164 valence electrons. The van der Waals surface area contributed by atoms with Gasteiger partial charge in [0, 0.05) is 17.6 Å². The first-order valence-corrected chi connectivity index (χ1v) is 11.2. The Labute approximate surface area is 193 Å². The van der Waals surface area contributed by atoms with Crippen LogP contribution in [-0.2, 0) is 0 Å². The zero-order valence-corrected chi connectivity index (χ0v) is 19.0. The highest BCUT2D eigenvalue weighted by molar-refractivity contribution is 7.20. The van der Waals surface area contributed by atoms with Crippen LogP contribution in [0.2, 0.25) is 5.02 Å². The third-order valence-corrected chi connectivity index (χ3v) is 6.27. The number of hydrogen-bond acceptors (Lipinski definition) is 4. The Balaban J connectivity index is 1.57. The van der Waals surface area contributed by atoms with Gasteiger partial charge in [0.15, 0.2) is 0 Å². The first-order chi connectivity index (χ1) is 15.4. The van der Waals surface area contributed by atoms with Gasteiger partial charge in [-0.1, -0.05) is 18.5 Å². The van der Waals surface area contributed by atoms with E-state index in [4.69, 9.17) is 11.6 Å². The standard InChI is InChI=1S/C23H20ClFN4O2S/c1-3-10-26-21(30)17-9-6-15(11-19(17)24)27-22(31)20-12-18-13(2)28-29(23(18)32-20)16-7-4-14(25)5-8-16/h4-9,11-12H,3,10H2,1-2H3,(H,26,30)(H,27,31). The van der Waals surface area contributed by atoms with E-state index in [1.54, 1.807) is 41.1 Å². The zero-order valence-electron chi connectivity index (χ0n) is 17.4. The molecule has 2 aromatic carbocycles. The van der Waals surface area contributed by atoms with E-state index in [2.05, 4.69) is 15.7 Å². The quantitative estimate of drug-likeness (QED) is 0.386. The number of carbonyl (C=O) groups excluding carboxylic acids is 2. The van der Waals surface area contributed by atoms with Crippen LogP contribution in [0.1, 0.15) is 39.1 Å². The number of halogens is 2. The van der Waals surface area contributed by atoms with Crippen molar-refractivity contribution in [1.82, 2.24) is 15.1 Å². The fraction of sp³-hybridized carbons (Fsp3) is 0.174. The van der Waals surface area contributed by atoms with E-state index in [1.165, 1.54) is 23.5 Å². The number of nitrogens with zero attached hydrogens (tertiary/aromatic N) is 2. The van der Waals surface area contributed by atoms with Crippen LogP contribution in [0.25, 0.3) is 15.9 Å². The Morgan fingerprint density at radius 3 is 2.56 bits per heavy atom. The fourth-order valence-electron chi connectivity index (χ4n) is 3.22. The summed E-state index contributed by atoms with van der Waals surface area (Å²) in [4.78, 5) is 26.3. The van der Waals surface area contributed by atoms with Gasteiger partial charge in [0.2, 0.25) is 0 Å². The van der Waals surface area contributed by atoms with Crippen LogP contribution in [-0.4, -0.2) is 28.1 Å². The molecule has 4 aromatic rings. The van der Waals surface area contributed by atoms with E-state index >= 15 is 0 Å². The van der Waals surface area contributed by atoms with Crippen LogP contribution in [0.15, 0.2) is 48.5 Å². The highest BCUT2D eigenvalue weighted by Crippen LogP contribution is 2.31. The van der Waals surface area contributed by atoms with Gasteiger partial charge in [0.1, 0.15) is 10.6 Å². The molecule has 0 bridgehead atoms. The Bertz CT molecular complexity index is 1310. The average Bonchev–Trinajstić information content (AvgIpc) is 3.33. The van der Waals surface area contributed by atoms with E-state index in [9.17, 15) is 14.0 Å². The van der Waals surface area contributed by atoms with Gasteiger partial charge in [-0.3, -0.25) is 9.59 Å². The van der Waals surface area contributed by atoms with Crippen molar-refractivity contribution in [2.24, 2.45) is 0 Å². The summed E-state index contributed by atoms with van der Waals surface area (Å²) in [7, 11) is 0. The molecular weight excluding hydrogens is 451 g/mol. The topological polar surface area (TPSA) is 76.0 Å². The third kappa shape index (κ3) is 4.37. The molecule has 9 heteroatoms. The second-order valence-electron chi connectivity index (χ2n) is 7.21. The van der Waals surface area contributed by atoms with Crippen molar-refractivity contribution in [1.29, 1.82) is 0 Å². The summed E-state index contributed by atoms with van der Waals surface area (Å²) in [6.45, 7) is 4.39. The van der Waals surface area contributed by atoms with Gasteiger partial charge in [-0.15, -0.1) is 11.3 Å². The summed E-state index contributed by atoms with van der Waals surface area (Å²) in [6.07, 6.45) is 0.824. The Kier molecular flexibility index (Phi) is 6.25. The SMILES string of the molecule is CCCNC(=O)c1ccc(NC(=O)c2cc3c(C)nn(-c4ccc(F)cc4)c3s2)cc1Cl. The van der Waals surface area contributed by atoms with Crippen molar-refractivity contribution < 1.29 is 14.0 Å². The van der Waals surface area contributed by atoms with E-state index < -0.39 is 0 Å². The molecule has 0 aliphatic heterocycles. The second kappa shape index (κ2) is 9.10. The molecule has 2 N–H and O–H groups in total. The molecule has 0 aliphatic carbocycles. The smallest absolute Gasteiger partial charge is 0.265 e. The second-order valence-corrected chi connectivity index (χ2v) is 8.65. The van der Waals surface area contributed by atoms with Crippen molar-refractivity contribution in [3.63, 3.8) is 0 Å². The maximum atomic E-state index is 13.3. The third-order valence-electron chi connectivity index (χ3n) is 4.85. The van der Waals surface area contributed by atoms with Crippen LogP contribution >= 0.6 is 22.9 Å². The monoisotopic (exact) mass is 470 g/mol. The lowest BCUT2D eigenvalue weighted by Crippen LogP contribution is -2.24. The highest BCUT2D eigenvalue weighted by Gasteiger charge is 2.18. The fourth-order valence-corrected chi connectivity index (χ4v) is 4.56. The van der Waals surface area contributed by atoms with Crippen LogP contribution in [0.4, 0.5) is 10.1 Å². The van der Waals surface area contributed by atoms with Gasteiger partial charge in [-0.05, 0) is 61.9 Å². The highest BCUT2D eigenvalue weighted by atomic mass is 35.5. The molecule has 6 nitrogen and oxygen atoms in total. The first-order valence-electron chi connectivity index (χ1n) is 10.0. The van der Waals surface area contributed by atoms with E-state index in [-0.39, 0.29) is 22.7 Å². The predicted octanol–water partition coefficient (Wildman–Crippen LogP) is 5.58. The molecule has 0 saturated carbocycles. The Morgan fingerprint density at radius 2 is 1.88 bits per heavy atom. The lowest BCUT2D eigenvalue weighted by Gasteiger charge is -2.08. The molecule has 0 atom stereocenters. The minimum atomic E-state index is -0.326. The van der Waals surface area contributed by atoms with Gasteiger partial charge >= 0.3 is 0 Å². The van der Waals surface area contributed by atoms with E-state index in [0.717, 1.165) is 22.3 Å². The number of nitrogens with one attached hydrogen (secondary N) is 2. The van der Waals surface area contributed by atoms with Crippen molar-refractivity contribution in [2.75, 3.05) is 11.9 Å². The molecule has 2 aromatic heterocycles. The van der Waals surface area contributed by atoms with Gasteiger partial charge < -0.3 is 10.6 Å². The van der Waals surface area contributed by atoms with Crippen molar-refractivity contribution in [2.45, 2.75) is 20.3 Å². The molecule has 0 fully saturated rings.